The minimum Gasteiger partial charge on any atom is -0.325 e. The molecule has 3 rings (SSSR count). The van der Waals surface area contributed by atoms with E-state index in [0.29, 0.717) is 23.4 Å². The maximum atomic E-state index is 12.6. The molecule has 0 bridgehead atoms. The standard InChI is InChI=1S/C20H28N4O3/c1-13(2)12-24-18(25)16-6-5-14(11-17(16)19(24)26)21-20(27)23(4)15-7-9-22(3)10-8-15/h5-6,11,13,15H,7-10,12H2,1-4H3,(H,21,27). The normalized spacial score (nSPS) is 18.2. The number of piperidine rings is 1. The minimum absolute atomic E-state index is 0.194. The number of carbonyl (C=O) groups is 3. The molecule has 27 heavy (non-hydrogen) atoms. The Morgan fingerprint density at radius 2 is 1.81 bits per heavy atom. The number of nitrogens with one attached hydrogen (secondary N) is 1. The summed E-state index contributed by atoms with van der Waals surface area (Å²) in [5.74, 6) is -0.344. The summed E-state index contributed by atoms with van der Waals surface area (Å²) in [6.45, 7) is 6.28. The van der Waals surface area contributed by atoms with Crippen LogP contribution in [-0.4, -0.2) is 72.3 Å². The molecule has 7 heteroatoms. The van der Waals surface area contributed by atoms with Gasteiger partial charge in [-0.05, 0) is 57.1 Å². The van der Waals surface area contributed by atoms with E-state index in [0.717, 1.165) is 25.9 Å². The number of hydrogen-bond donors (Lipinski definition) is 1. The van der Waals surface area contributed by atoms with Gasteiger partial charge in [0.05, 0.1) is 11.1 Å². The third kappa shape index (κ3) is 3.98. The van der Waals surface area contributed by atoms with E-state index >= 15 is 0 Å². The van der Waals surface area contributed by atoms with E-state index in [-0.39, 0.29) is 29.8 Å². The van der Waals surface area contributed by atoms with Gasteiger partial charge in [0.1, 0.15) is 0 Å². The van der Waals surface area contributed by atoms with Gasteiger partial charge < -0.3 is 15.1 Å². The second-order valence-electron chi connectivity index (χ2n) is 7.95. The molecule has 0 saturated carbocycles. The molecule has 1 saturated heterocycles. The van der Waals surface area contributed by atoms with Crippen LogP contribution in [0.15, 0.2) is 18.2 Å². The van der Waals surface area contributed by atoms with Gasteiger partial charge in [-0.25, -0.2) is 4.79 Å². The SMILES string of the molecule is CC(C)CN1C(=O)c2ccc(NC(=O)N(C)C3CCN(C)CC3)cc2C1=O. The number of carbonyl (C=O) groups excluding carboxylic acids is 3. The maximum Gasteiger partial charge on any atom is 0.321 e. The molecule has 0 aliphatic carbocycles. The first-order chi connectivity index (χ1) is 12.8. The molecule has 0 unspecified atom stereocenters. The van der Waals surface area contributed by atoms with Crippen molar-refractivity contribution in [2.45, 2.75) is 32.7 Å². The maximum absolute atomic E-state index is 12.6. The lowest BCUT2D eigenvalue weighted by atomic mass is 10.0. The van der Waals surface area contributed by atoms with Gasteiger partial charge in [-0.3, -0.25) is 14.5 Å². The fourth-order valence-electron chi connectivity index (χ4n) is 3.66. The summed E-state index contributed by atoms with van der Waals surface area (Å²) in [6, 6.07) is 4.93. The van der Waals surface area contributed by atoms with Gasteiger partial charge in [0.2, 0.25) is 0 Å². The summed E-state index contributed by atoms with van der Waals surface area (Å²) >= 11 is 0. The number of benzene rings is 1. The van der Waals surface area contributed by atoms with Gasteiger partial charge in [-0.15, -0.1) is 0 Å². The van der Waals surface area contributed by atoms with Crippen LogP contribution in [0.25, 0.3) is 0 Å². The van der Waals surface area contributed by atoms with Crippen molar-refractivity contribution < 1.29 is 14.4 Å². The smallest absolute Gasteiger partial charge is 0.321 e. The van der Waals surface area contributed by atoms with Crippen LogP contribution in [0, 0.1) is 5.92 Å². The van der Waals surface area contributed by atoms with Crippen molar-refractivity contribution in [3.05, 3.63) is 29.3 Å². The Morgan fingerprint density at radius 3 is 2.44 bits per heavy atom. The van der Waals surface area contributed by atoms with Gasteiger partial charge in [0, 0.05) is 25.3 Å². The van der Waals surface area contributed by atoms with E-state index in [4.69, 9.17) is 0 Å². The Bertz CT molecular complexity index is 754. The second kappa shape index (κ2) is 7.68. The quantitative estimate of drug-likeness (QED) is 0.824. The van der Waals surface area contributed by atoms with Gasteiger partial charge in [-0.2, -0.15) is 0 Å². The molecule has 7 nitrogen and oxygen atoms in total. The summed E-state index contributed by atoms with van der Waals surface area (Å²) < 4.78 is 0. The number of anilines is 1. The van der Waals surface area contributed by atoms with Gasteiger partial charge >= 0.3 is 6.03 Å². The van der Waals surface area contributed by atoms with Crippen molar-refractivity contribution in [1.82, 2.24) is 14.7 Å². The Kier molecular flexibility index (Phi) is 5.51. The summed E-state index contributed by atoms with van der Waals surface area (Å²) in [7, 11) is 3.89. The van der Waals surface area contributed by atoms with Crippen molar-refractivity contribution in [2.75, 3.05) is 39.0 Å². The summed E-state index contributed by atoms with van der Waals surface area (Å²) in [5, 5.41) is 2.86. The molecule has 1 fully saturated rings. The summed E-state index contributed by atoms with van der Waals surface area (Å²) in [5.41, 5.74) is 1.30. The number of urea groups is 1. The number of imide groups is 1. The molecule has 2 aliphatic rings. The molecule has 146 valence electrons. The Labute approximate surface area is 160 Å². The molecule has 1 aromatic carbocycles. The Hall–Kier alpha value is -2.41. The average molecular weight is 372 g/mol. The molecule has 1 aromatic rings. The average Bonchev–Trinajstić information content (AvgIpc) is 2.86. The van der Waals surface area contributed by atoms with Crippen molar-refractivity contribution in [3.63, 3.8) is 0 Å². The van der Waals surface area contributed by atoms with E-state index in [1.807, 2.05) is 13.8 Å². The number of hydrogen-bond acceptors (Lipinski definition) is 4. The highest BCUT2D eigenvalue weighted by Gasteiger charge is 2.36. The third-order valence-corrected chi connectivity index (χ3v) is 5.33. The van der Waals surface area contributed by atoms with E-state index < -0.39 is 0 Å². The largest absolute Gasteiger partial charge is 0.325 e. The topological polar surface area (TPSA) is 73.0 Å². The predicted octanol–water partition coefficient (Wildman–Crippen LogP) is 2.50. The zero-order chi connectivity index (χ0) is 19.7. The Morgan fingerprint density at radius 1 is 1.19 bits per heavy atom. The van der Waals surface area contributed by atoms with Crippen LogP contribution in [0.2, 0.25) is 0 Å². The van der Waals surface area contributed by atoms with Crippen molar-refractivity contribution >= 4 is 23.5 Å². The fourth-order valence-corrected chi connectivity index (χ4v) is 3.66. The van der Waals surface area contributed by atoms with Crippen LogP contribution >= 0.6 is 0 Å². The first-order valence-corrected chi connectivity index (χ1v) is 9.50. The number of amides is 4. The molecular weight excluding hydrogens is 344 g/mol. The molecule has 0 aromatic heterocycles. The molecular formula is C20H28N4O3. The monoisotopic (exact) mass is 372 g/mol. The van der Waals surface area contributed by atoms with Crippen molar-refractivity contribution in [3.8, 4) is 0 Å². The highest BCUT2D eigenvalue weighted by Crippen LogP contribution is 2.27. The first-order valence-electron chi connectivity index (χ1n) is 9.50. The molecule has 0 radical (unpaired) electrons. The predicted molar refractivity (Wildman–Crippen MR) is 104 cm³/mol. The third-order valence-electron chi connectivity index (χ3n) is 5.33. The molecule has 4 amide bonds. The highest BCUT2D eigenvalue weighted by atomic mass is 16.2. The summed E-state index contributed by atoms with van der Waals surface area (Å²) in [6.07, 6.45) is 1.89. The second-order valence-corrected chi connectivity index (χ2v) is 7.95. The van der Waals surface area contributed by atoms with Gasteiger partial charge in [-0.1, -0.05) is 13.8 Å². The van der Waals surface area contributed by atoms with Crippen LogP contribution in [0.3, 0.4) is 0 Å². The molecule has 0 spiro atoms. The van der Waals surface area contributed by atoms with Crippen LogP contribution in [-0.2, 0) is 0 Å². The zero-order valence-corrected chi connectivity index (χ0v) is 16.5. The molecule has 1 N–H and O–H groups in total. The number of rotatable bonds is 4. The van der Waals surface area contributed by atoms with Crippen molar-refractivity contribution in [1.29, 1.82) is 0 Å². The minimum atomic E-state index is -0.288. The lowest BCUT2D eigenvalue weighted by molar-refractivity contribution is 0.0636. The van der Waals surface area contributed by atoms with Gasteiger partial charge in [0.15, 0.2) is 0 Å². The molecule has 2 heterocycles. The van der Waals surface area contributed by atoms with Crippen LogP contribution in [0.4, 0.5) is 10.5 Å². The zero-order valence-electron chi connectivity index (χ0n) is 16.5. The first kappa shape index (κ1) is 19.4. The summed E-state index contributed by atoms with van der Waals surface area (Å²) in [4.78, 5) is 42.9. The number of fused-ring (bicyclic) bond motifs is 1. The lowest BCUT2D eigenvalue weighted by Crippen LogP contribution is -2.46. The van der Waals surface area contributed by atoms with E-state index in [2.05, 4.69) is 17.3 Å². The molecule has 0 atom stereocenters. The highest BCUT2D eigenvalue weighted by molar-refractivity contribution is 6.21. The van der Waals surface area contributed by atoms with E-state index in [1.165, 1.54) is 4.90 Å². The number of likely N-dealkylation sites (tertiary alicyclic amines) is 1. The lowest BCUT2D eigenvalue weighted by Gasteiger charge is -2.35. The van der Waals surface area contributed by atoms with E-state index in [9.17, 15) is 14.4 Å². The van der Waals surface area contributed by atoms with Crippen LogP contribution < -0.4 is 5.32 Å². The number of nitrogens with zero attached hydrogens (tertiary/aromatic N) is 3. The van der Waals surface area contributed by atoms with Crippen molar-refractivity contribution in [2.24, 2.45) is 5.92 Å². The van der Waals surface area contributed by atoms with Crippen LogP contribution in [0.1, 0.15) is 47.4 Å². The van der Waals surface area contributed by atoms with E-state index in [1.54, 1.807) is 30.1 Å². The van der Waals surface area contributed by atoms with Crippen LogP contribution in [0.5, 0.6) is 0 Å². The fraction of sp³-hybridized carbons (Fsp3) is 0.550. The Balaban J connectivity index is 1.69. The van der Waals surface area contributed by atoms with Gasteiger partial charge in [0.25, 0.3) is 11.8 Å². The molecule has 2 aliphatic heterocycles.